The summed E-state index contributed by atoms with van der Waals surface area (Å²) in [6, 6.07) is -0.736. The molecule has 2 fully saturated rings. The number of carbonyl (C=O) groups excluding carboxylic acids is 2. The normalized spacial score (nSPS) is 23.4. The molecule has 0 atom stereocenters. The minimum absolute atomic E-state index is 0.00978. The molecule has 90 valence electrons. The number of nitrogens with one attached hydrogen (secondary N) is 1. The first-order chi connectivity index (χ1) is 7.45. The van der Waals surface area contributed by atoms with Crippen LogP contribution in [0.25, 0.3) is 0 Å². The fraction of sp³-hybridized carbons (Fsp3) is 0.750. The van der Waals surface area contributed by atoms with E-state index >= 15 is 0 Å². The van der Waals surface area contributed by atoms with Crippen LogP contribution in [-0.4, -0.2) is 61.0 Å². The van der Waals surface area contributed by atoms with Gasteiger partial charge in [0, 0.05) is 13.1 Å². The van der Waals surface area contributed by atoms with Crippen molar-refractivity contribution in [2.45, 2.75) is 13.0 Å². The van der Waals surface area contributed by atoms with Crippen molar-refractivity contribution in [1.82, 2.24) is 14.5 Å². The third-order valence-electron chi connectivity index (χ3n) is 2.83. The summed E-state index contributed by atoms with van der Waals surface area (Å²) in [6.07, 6.45) is 0. The van der Waals surface area contributed by atoms with Crippen molar-refractivity contribution < 1.29 is 18.0 Å². The number of carbonyl (C=O) groups is 2. The molecule has 0 unspecified atom stereocenters. The third-order valence-corrected chi connectivity index (χ3v) is 4.64. The topological polar surface area (TPSA) is 86.8 Å². The number of amides is 3. The monoisotopic (exact) mass is 247 g/mol. The van der Waals surface area contributed by atoms with E-state index in [2.05, 4.69) is 5.32 Å². The SMILES string of the molecule is CCS(=O)(=O)N1CC(N2C(=O)CNC2=O)C1. The van der Waals surface area contributed by atoms with Gasteiger partial charge in [0.1, 0.15) is 0 Å². The lowest BCUT2D eigenvalue weighted by Crippen LogP contribution is -2.62. The lowest BCUT2D eigenvalue weighted by atomic mass is 10.1. The molecule has 2 heterocycles. The van der Waals surface area contributed by atoms with E-state index in [0.29, 0.717) is 0 Å². The zero-order valence-electron chi connectivity index (χ0n) is 8.84. The summed E-state index contributed by atoms with van der Waals surface area (Å²) in [5.74, 6) is -0.247. The van der Waals surface area contributed by atoms with Crippen molar-refractivity contribution in [3.63, 3.8) is 0 Å². The van der Waals surface area contributed by atoms with E-state index in [9.17, 15) is 18.0 Å². The first-order valence-electron chi connectivity index (χ1n) is 5.03. The zero-order chi connectivity index (χ0) is 11.9. The molecule has 3 amide bonds. The minimum atomic E-state index is -3.20. The predicted octanol–water partition coefficient (Wildman–Crippen LogP) is -1.43. The minimum Gasteiger partial charge on any atom is -0.329 e. The number of nitrogens with zero attached hydrogens (tertiary/aromatic N) is 2. The smallest absolute Gasteiger partial charge is 0.324 e. The molecule has 8 heteroatoms. The molecule has 16 heavy (non-hydrogen) atoms. The summed E-state index contributed by atoms with van der Waals surface area (Å²) >= 11 is 0. The molecule has 0 saturated carbocycles. The molecule has 0 spiro atoms. The molecular formula is C8H13N3O4S. The van der Waals surface area contributed by atoms with Gasteiger partial charge in [-0.25, -0.2) is 13.2 Å². The van der Waals surface area contributed by atoms with Crippen molar-refractivity contribution >= 4 is 22.0 Å². The molecule has 1 N–H and O–H groups in total. The first-order valence-corrected chi connectivity index (χ1v) is 6.64. The Morgan fingerprint density at radius 1 is 1.38 bits per heavy atom. The maximum atomic E-state index is 11.4. The van der Waals surface area contributed by atoms with Crippen molar-refractivity contribution in [2.24, 2.45) is 0 Å². The van der Waals surface area contributed by atoms with Crippen LogP contribution in [0.5, 0.6) is 0 Å². The van der Waals surface area contributed by atoms with Gasteiger partial charge in [-0.05, 0) is 6.92 Å². The molecule has 0 aromatic heterocycles. The highest BCUT2D eigenvalue weighted by atomic mass is 32.2. The Kier molecular flexibility index (Phi) is 2.62. The van der Waals surface area contributed by atoms with E-state index in [-0.39, 0.29) is 37.3 Å². The van der Waals surface area contributed by atoms with E-state index in [1.807, 2.05) is 0 Å². The van der Waals surface area contributed by atoms with Crippen LogP contribution in [0.1, 0.15) is 6.92 Å². The highest BCUT2D eigenvalue weighted by molar-refractivity contribution is 7.89. The van der Waals surface area contributed by atoms with E-state index < -0.39 is 16.1 Å². The lowest BCUT2D eigenvalue weighted by Gasteiger charge is -2.41. The molecule has 0 aliphatic carbocycles. The lowest BCUT2D eigenvalue weighted by molar-refractivity contribution is -0.128. The van der Waals surface area contributed by atoms with Crippen LogP contribution in [0.2, 0.25) is 0 Å². The zero-order valence-corrected chi connectivity index (χ0v) is 9.66. The van der Waals surface area contributed by atoms with Gasteiger partial charge in [-0.2, -0.15) is 4.31 Å². The highest BCUT2D eigenvalue weighted by Crippen LogP contribution is 2.20. The number of imide groups is 1. The molecule has 2 rings (SSSR count). The van der Waals surface area contributed by atoms with Gasteiger partial charge in [0.05, 0.1) is 18.3 Å². The fourth-order valence-electron chi connectivity index (χ4n) is 1.79. The second-order valence-corrected chi connectivity index (χ2v) is 6.05. The molecule has 0 aromatic carbocycles. The van der Waals surface area contributed by atoms with Crippen LogP contribution in [-0.2, 0) is 14.8 Å². The Bertz CT molecular complexity index is 411. The summed E-state index contributed by atoms with van der Waals surface area (Å²) in [5, 5.41) is 2.41. The fourth-order valence-corrected chi connectivity index (χ4v) is 2.96. The van der Waals surface area contributed by atoms with Crippen LogP contribution in [0.4, 0.5) is 4.79 Å². The summed E-state index contributed by atoms with van der Waals surface area (Å²) in [7, 11) is -3.20. The summed E-state index contributed by atoms with van der Waals surface area (Å²) in [6.45, 7) is 2.01. The van der Waals surface area contributed by atoms with Gasteiger partial charge in [-0.3, -0.25) is 9.69 Å². The summed E-state index contributed by atoms with van der Waals surface area (Å²) in [5.41, 5.74) is 0. The van der Waals surface area contributed by atoms with Crippen LogP contribution in [0.3, 0.4) is 0 Å². The third kappa shape index (κ3) is 1.67. The van der Waals surface area contributed by atoms with Gasteiger partial charge in [-0.15, -0.1) is 0 Å². The molecule has 2 aliphatic heterocycles. The average molecular weight is 247 g/mol. The van der Waals surface area contributed by atoms with E-state index in [1.165, 1.54) is 4.31 Å². The van der Waals surface area contributed by atoms with E-state index in [0.717, 1.165) is 4.90 Å². The van der Waals surface area contributed by atoms with E-state index in [1.54, 1.807) is 6.92 Å². The van der Waals surface area contributed by atoms with Gasteiger partial charge < -0.3 is 5.32 Å². The molecule has 2 aliphatic rings. The van der Waals surface area contributed by atoms with Gasteiger partial charge in [0.15, 0.2) is 0 Å². The maximum Gasteiger partial charge on any atom is 0.324 e. The Balaban J connectivity index is 1.99. The summed E-state index contributed by atoms with van der Waals surface area (Å²) < 4.78 is 24.1. The van der Waals surface area contributed by atoms with Crippen LogP contribution >= 0.6 is 0 Å². The Hall–Kier alpha value is -1.15. The maximum absolute atomic E-state index is 11.4. The number of hydrogen-bond donors (Lipinski definition) is 1. The number of rotatable bonds is 3. The predicted molar refractivity (Wildman–Crippen MR) is 55.1 cm³/mol. The quantitative estimate of drug-likeness (QED) is 0.620. The van der Waals surface area contributed by atoms with Gasteiger partial charge >= 0.3 is 6.03 Å². The largest absolute Gasteiger partial charge is 0.329 e. The average Bonchev–Trinajstić information content (AvgIpc) is 2.47. The van der Waals surface area contributed by atoms with Crippen molar-refractivity contribution in [3.05, 3.63) is 0 Å². The Morgan fingerprint density at radius 2 is 2.00 bits per heavy atom. The summed E-state index contributed by atoms with van der Waals surface area (Å²) in [4.78, 5) is 23.7. The van der Waals surface area contributed by atoms with Gasteiger partial charge in [0.25, 0.3) is 0 Å². The molecule has 2 saturated heterocycles. The second kappa shape index (κ2) is 3.70. The highest BCUT2D eigenvalue weighted by Gasteiger charge is 2.44. The molecule has 0 aromatic rings. The van der Waals surface area contributed by atoms with Gasteiger partial charge in [-0.1, -0.05) is 0 Å². The standard InChI is InChI=1S/C8H13N3O4S/c1-2-16(14,15)10-4-6(5-10)11-7(12)3-9-8(11)13/h6H,2-5H2,1H3,(H,9,13). The van der Waals surface area contributed by atoms with Gasteiger partial charge in [0.2, 0.25) is 15.9 Å². The first kappa shape index (κ1) is 11.3. The van der Waals surface area contributed by atoms with Crippen LogP contribution in [0, 0.1) is 0 Å². The number of sulfonamides is 1. The molecule has 0 radical (unpaired) electrons. The van der Waals surface area contributed by atoms with E-state index in [4.69, 9.17) is 0 Å². The second-order valence-electron chi connectivity index (χ2n) is 3.79. The van der Waals surface area contributed by atoms with Crippen molar-refractivity contribution in [1.29, 1.82) is 0 Å². The number of urea groups is 1. The molecular weight excluding hydrogens is 234 g/mol. The van der Waals surface area contributed by atoms with Crippen molar-refractivity contribution in [3.8, 4) is 0 Å². The molecule has 7 nitrogen and oxygen atoms in total. The number of hydrogen-bond acceptors (Lipinski definition) is 4. The van der Waals surface area contributed by atoms with Crippen LogP contribution in [0.15, 0.2) is 0 Å². The molecule has 0 bridgehead atoms. The van der Waals surface area contributed by atoms with Crippen molar-refractivity contribution in [2.75, 3.05) is 25.4 Å². The van der Waals surface area contributed by atoms with Crippen LogP contribution < -0.4 is 5.32 Å². The Morgan fingerprint density at radius 3 is 2.44 bits per heavy atom. The Labute approximate surface area is 93.4 Å².